The van der Waals surface area contributed by atoms with Crippen molar-refractivity contribution in [2.45, 2.75) is 69.7 Å². The molecule has 39 heavy (non-hydrogen) atoms. The van der Waals surface area contributed by atoms with E-state index in [2.05, 4.69) is 10.6 Å². The summed E-state index contributed by atoms with van der Waals surface area (Å²) < 4.78 is 6.50. The third-order valence-electron chi connectivity index (χ3n) is 8.44. The van der Waals surface area contributed by atoms with Crippen molar-refractivity contribution in [2.24, 2.45) is 11.8 Å². The Bertz CT molecular complexity index is 1200. The van der Waals surface area contributed by atoms with Gasteiger partial charge in [0.2, 0.25) is 17.7 Å². The molecule has 3 amide bonds. The number of unbranched alkanes of at least 4 members (excludes halogenated alkanes) is 3. The summed E-state index contributed by atoms with van der Waals surface area (Å²) in [6.45, 7) is 2.74. The Morgan fingerprint density at radius 3 is 2.59 bits per heavy atom. The van der Waals surface area contributed by atoms with Gasteiger partial charge in [-0.1, -0.05) is 66.9 Å². The lowest BCUT2D eigenvalue weighted by molar-refractivity contribution is -0.141. The summed E-state index contributed by atoms with van der Waals surface area (Å²) in [7, 11) is 0. The lowest BCUT2D eigenvalue weighted by Crippen LogP contribution is -2.53. The maximum absolute atomic E-state index is 14.0. The van der Waals surface area contributed by atoms with Crippen LogP contribution in [0.25, 0.3) is 0 Å². The number of carbonyl (C=O) groups is 3. The number of amides is 3. The molecule has 0 radical (unpaired) electrons. The molecule has 5 atom stereocenters. The van der Waals surface area contributed by atoms with E-state index in [-0.39, 0.29) is 24.3 Å². The summed E-state index contributed by atoms with van der Waals surface area (Å²) >= 11 is 6.42. The van der Waals surface area contributed by atoms with Gasteiger partial charge in [-0.25, -0.2) is 0 Å². The molecule has 2 unspecified atom stereocenters. The van der Waals surface area contributed by atoms with Gasteiger partial charge < -0.3 is 25.4 Å². The molecular weight excluding hydrogens is 518 g/mol. The molecule has 3 fully saturated rings. The minimum atomic E-state index is -1.05. The van der Waals surface area contributed by atoms with Gasteiger partial charge in [0.1, 0.15) is 11.6 Å². The van der Waals surface area contributed by atoms with Crippen LogP contribution in [0.2, 0.25) is 5.02 Å². The van der Waals surface area contributed by atoms with E-state index in [1.54, 1.807) is 11.0 Å². The van der Waals surface area contributed by atoms with E-state index in [1.165, 1.54) is 0 Å². The van der Waals surface area contributed by atoms with Crippen molar-refractivity contribution in [1.82, 2.24) is 10.2 Å². The summed E-state index contributed by atoms with van der Waals surface area (Å²) in [5.74, 6) is -2.12. The molecule has 3 heterocycles. The van der Waals surface area contributed by atoms with E-state index in [9.17, 15) is 14.4 Å². The van der Waals surface area contributed by atoms with Crippen LogP contribution in [-0.4, -0.2) is 58.6 Å². The predicted octanol–water partition coefficient (Wildman–Crippen LogP) is 3.83. The van der Waals surface area contributed by atoms with Crippen molar-refractivity contribution in [2.75, 3.05) is 18.5 Å². The third-order valence-corrected chi connectivity index (χ3v) is 8.75. The van der Waals surface area contributed by atoms with Gasteiger partial charge in [0.15, 0.2) is 0 Å². The number of likely N-dealkylation sites (tertiary alicyclic amines) is 1. The predicted molar refractivity (Wildman–Crippen MR) is 148 cm³/mol. The average Bonchev–Trinajstić information content (AvgIpc) is 3.57. The zero-order chi connectivity index (χ0) is 27.6. The number of nitrogens with zero attached hydrogens (tertiary/aromatic N) is 1. The standard InChI is InChI=1S/C30H36ClN3O5/c1-19-10-9-13-21(31)25(19)33-28(37)26-30-15-14-22(39-30)23(27(36)32-18-20-11-5-4-6-12-20)24(30)29(38)34(26)16-7-2-3-8-17-35/h4-6,9-13,22-24,26,35H,2-3,7-8,14-18H2,1H3,(H,32,36)(H,33,37)/t22-,23+,24+,26?,30?/m1/s1. The normalized spacial score (nSPS) is 27.1. The maximum atomic E-state index is 14.0. The Hall–Kier alpha value is -2.94. The number of para-hydroxylation sites is 1. The van der Waals surface area contributed by atoms with Gasteiger partial charge in [0.25, 0.3) is 0 Å². The molecule has 3 aliphatic rings. The highest BCUT2D eigenvalue weighted by molar-refractivity contribution is 6.34. The van der Waals surface area contributed by atoms with Crippen LogP contribution in [0.3, 0.4) is 0 Å². The van der Waals surface area contributed by atoms with Crippen LogP contribution in [0.5, 0.6) is 0 Å². The van der Waals surface area contributed by atoms with Crippen LogP contribution < -0.4 is 10.6 Å². The highest BCUT2D eigenvalue weighted by Crippen LogP contribution is 2.58. The van der Waals surface area contributed by atoms with E-state index in [4.69, 9.17) is 21.4 Å². The fourth-order valence-corrected chi connectivity index (χ4v) is 6.90. The maximum Gasteiger partial charge on any atom is 0.250 e. The average molecular weight is 554 g/mol. The molecule has 9 heteroatoms. The third kappa shape index (κ3) is 5.17. The first-order valence-electron chi connectivity index (χ1n) is 13.8. The van der Waals surface area contributed by atoms with Crippen LogP contribution in [0.1, 0.15) is 49.7 Å². The van der Waals surface area contributed by atoms with Crippen LogP contribution in [0.15, 0.2) is 48.5 Å². The first-order valence-corrected chi connectivity index (χ1v) is 14.2. The zero-order valence-electron chi connectivity index (χ0n) is 22.2. The molecule has 0 aliphatic carbocycles. The van der Waals surface area contributed by atoms with Crippen LogP contribution >= 0.6 is 11.6 Å². The quantitative estimate of drug-likeness (QED) is 0.367. The van der Waals surface area contributed by atoms with E-state index >= 15 is 0 Å². The first kappa shape index (κ1) is 27.6. The summed E-state index contributed by atoms with van der Waals surface area (Å²) in [4.78, 5) is 43.1. The van der Waals surface area contributed by atoms with Crippen molar-refractivity contribution in [3.8, 4) is 0 Å². The van der Waals surface area contributed by atoms with Gasteiger partial charge in [-0.05, 0) is 49.8 Å². The molecule has 208 valence electrons. The van der Waals surface area contributed by atoms with Crippen molar-refractivity contribution in [3.63, 3.8) is 0 Å². The number of rotatable bonds is 11. The molecular formula is C30H36ClN3O5. The number of hydrogen-bond acceptors (Lipinski definition) is 5. The van der Waals surface area contributed by atoms with E-state index < -0.39 is 29.6 Å². The number of carbonyl (C=O) groups excluding carboxylic acids is 3. The summed E-state index contributed by atoms with van der Waals surface area (Å²) in [6, 6.07) is 14.2. The van der Waals surface area contributed by atoms with E-state index in [0.29, 0.717) is 49.5 Å². The second kappa shape index (κ2) is 11.7. The Morgan fingerprint density at radius 2 is 1.85 bits per heavy atom. The van der Waals surface area contributed by atoms with Crippen molar-refractivity contribution < 1.29 is 24.2 Å². The lowest BCUT2D eigenvalue weighted by Gasteiger charge is -2.33. The molecule has 5 rings (SSSR count). The minimum Gasteiger partial charge on any atom is -0.396 e. The SMILES string of the molecule is Cc1cccc(Cl)c1NC(=O)C1N(CCCCCCO)C(=O)[C@@H]2[C@@H](C(=O)NCc3ccccc3)[C@H]3CCC12O3. The number of hydrogen-bond donors (Lipinski definition) is 3. The second-order valence-electron chi connectivity index (χ2n) is 10.8. The van der Waals surface area contributed by atoms with Crippen molar-refractivity contribution in [1.29, 1.82) is 0 Å². The molecule has 3 N–H and O–H groups in total. The van der Waals surface area contributed by atoms with Crippen molar-refractivity contribution >= 4 is 35.0 Å². The number of aryl methyl sites for hydroxylation is 1. The zero-order valence-corrected chi connectivity index (χ0v) is 23.0. The fourth-order valence-electron chi connectivity index (χ4n) is 6.63. The molecule has 0 saturated carbocycles. The molecule has 3 saturated heterocycles. The first-order chi connectivity index (χ1) is 18.9. The fraction of sp³-hybridized carbons (Fsp3) is 0.500. The Balaban J connectivity index is 1.40. The Labute approximate surface area is 234 Å². The smallest absolute Gasteiger partial charge is 0.250 e. The number of fused-ring (bicyclic) bond motifs is 1. The number of anilines is 1. The van der Waals surface area contributed by atoms with Gasteiger partial charge in [0.05, 0.1) is 28.6 Å². The number of aliphatic hydroxyl groups excluding tert-OH is 1. The Kier molecular flexibility index (Phi) is 8.26. The highest BCUT2D eigenvalue weighted by atomic mass is 35.5. The second-order valence-corrected chi connectivity index (χ2v) is 11.3. The number of ether oxygens (including phenoxy) is 1. The summed E-state index contributed by atoms with van der Waals surface area (Å²) in [6.07, 6.45) is 3.81. The molecule has 1 spiro atoms. The summed E-state index contributed by atoms with van der Waals surface area (Å²) in [5.41, 5.74) is 1.25. The molecule has 8 nitrogen and oxygen atoms in total. The van der Waals surface area contributed by atoms with E-state index in [1.807, 2.05) is 49.4 Å². The largest absolute Gasteiger partial charge is 0.396 e. The molecule has 3 aliphatic heterocycles. The number of benzene rings is 2. The summed E-state index contributed by atoms with van der Waals surface area (Å²) in [5, 5.41) is 15.5. The molecule has 2 aromatic carbocycles. The topological polar surface area (TPSA) is 108 Å². The highest BCUT2D eigenvalue weighted by Gasteiger charge is 2.74. The van der Waals surface area contributed by atoms with Gasteiger partial charge in [0, 0.05) is 19.7 Å². The molecule has 2 aromatic rings. The Morgan fingerprint density at radius 1 is 1.08 bits per heavy atom. The number of halogens is 1. The van der Waals surface area contributed by atoms with Crippen LogP contribution in [0.4, 0.5) is 5.69 Å². The van der Waals surface area contributed by atoms with Gasteiger partial charge >= 0.3 is 0 Å². The monoisotopic (exact) mass is 553 g/mol. The van der Waals surface area contributed by atoms with Gasteiger partial charge in [-0.3, -0.25) is 14.4 Å². The van der Waals surface area contributed by atoms with Crippen LogP contribution in [0, 0.1) is 18.8 Å². The minimum absolute atomic E-state index is 0.130. The molecule has 0 aromatic heterocycles. The van der Waals surface area contributed by atoms with Gasteiger partial charge in [-0.2, -0.15) is 0 Å². The van der Waals surface area contributed by atoms with Crippen LogP contribution in [-0.2, 0) is 25.7 Å². The number of aliphatic hydroxyl groups is 1. The van der Waals surface area contributed by atoms with Crippen molar-refractivity contribution in [3.05, 3.63) is 64.7 Å². The van der Waals surface area contributed by atoms with E-state index in [0.717, 1.165) is 24.0 Å². The number of nitrogens with one attached hydrogen (secondary N) is 2. The lowest BCUT2D eigenvalue weighted by atomic mass is 9.70. The molecule has 2 bridgehead atoms. The van der Waals surface area contributed by atoms with Gasteiger partial charge in [-0.15, -0.1) is 0 Å².